The molecule has 0 radical (unpaired) electrons. The number of benzene rings is 4. The van der Waals surface area contributed by atoms with Gasteiger partial charge in [-0.3, -0.25) is 9.59 Å². The van der Waals surface area contributed by atoms with E-state index in [1.165, 1.54) is 5.56 Å². The number of halogens is 1. The van der Waals surface area contributed by atoms with Crippen LogP contribution in [-0.2, 0) is 44.1 Å². The molecular weight excluding hydrogens is 720 g/mol. The smallest absolute Gasteiger partial charge is 0.228 e. The number of ketones is 1. The minimum Gasteiger partial charge on any atom is -0.392 e. The number of carbonyl (C=O) groups is 2. The Morgan fingerprint density at radius 2 is 1.38 bits per heavy atom. The first kappa shape index (κ1) is 38.4. The fourth-order valence-electron chi connectivity index (χ4n) is 5.65. The van der Waals surface area contributed by atoms with Crippen LogP contribution in [0.1, 0.15) is 49.3 Å². The van der Waals surface area contributed by atoms with Crippen molar-refractivity contribution in [2.45, 2.75) is 39.3 Å². The van der Waals surface area contributed by atoms with E-state index in [0.29, 0.717) is 33.7 Å². The monoisotopic (exact) mass is 756 g/mol. The maximum Gasteiger partial charge on any atom is 0.228 e. The van der Waals surface area contributed by atoms with E-state index >= 15 is 0 Å². The molecule has 1 aromatic heterocycles. The summed E-state index contributed by atoms with van der Waals surface area (Å²) in [5, 5.41) is 45.6. The largest absolute Gasteiger partial charge is 0.392 e. The summed E-state index contributed by atoms with van der Waals surface area (Å²) in [7, 11) is 0. The van der Waals surface area contributed by atoms with E-state index in [1.54, 1.807) is 47.7 Å². The van der Waals surface area contributed by atoms with E-state index in [0.717, 1.165) is 62.0 Å². The number of thiocarbonyl (C=S) groups is 1. The van der Waals surface area contributed by atoms with Gasteiger partial charge in [-0.1, -0.05) is 49.1 Å². The van der Waals surface area contributed by atoms with Gasteiger partial charge in [-0.05, 0) is 75.8 Å². The van der Waals surface area contributed by atoms with E-state index in [4.69, 9.17) is 44.7 Å². The predicted octanol–water partition coefficient (Wildman–Crippen LogP) is 5.85. The number of aliphatic hydroxyl groups excluding tert-OH is 4. The van der Waals surface area contributed by atoms with Gasteiger partial charge in [0.05, 0.1) is 44.4 Å². The van der Waals surface area contributed by atoms with Crippen molar-refractivity contribution in [2.24, 2.45) is 5.73 Å². The van der Waals surface area contributed by atoms with Gasteiger partial charge in [0.25, 0.3) is 0 Å². The third-order valence-corrected chi connectivity index (χ3v) is 9.79. The molecule has 0 aliphatic carbocycles. The highest BCUT2D eigenvalue weighted by molar-refractivity contribution is 7.80. The number of aliphatic hydroxyl groups is 4. The average molecular weight is 757 g/mol. The molecular formula is C39H37ClN4O6S2. The molecule has 0 unspecified atom stereocenters. The third-order valence-electron chi connectivity index (χ3n) is 8.42. The van der Waals surface area contributed by atoms with Gasteiger partial charge in [-0.25, -0.2) is 4.98 Å². The van der Waals surface area contributed by atoms with Gasteiger partial charge in [0, 0.05) is 51.1 Å². The lowest BCUT2D eigenvalue weighted by atomic mass is 10.0. The molecule has 2 aliphatic heterocycles. The molecule has 4 aromatic carbocycles. The standard InChI is InChI=1S/C20H18N2O2S.C10H8ClNO2.C9H11NO2S/c1-12-6-16-7-13(4-5-18(16)21-12)19-11-25-20(22-19)14-2-3-15(9-23)17(8-14)10-24;11-5-9(13)6-1-2-8-7(3-6)4-10(14)12-8;10-9(13)6-1-2-7(4-11)8(3-6)5-12/h2-5,7-8,11,21,23-24H,1,6,9-10H2;1-3H,4-5H2,(H,12,14);1-3,11-12H,4-5H2,(H2,10,13). The first-order valence-electron chi connectivity index (χ1n) is 16.1. The molecule has 268 valence electrons. The summed E-state index contributed by atoms with van der Waals surface area (Å²) < 4.78 is 0. The van der Waals surface area contributed by atoms with Crippen molar-refractivity contribution < 1.29 is 30.0 Å². The minimum atomic E-state index is -0.119. The van der Waals surface area contributed by atoms with Crippen LogP contribution in [0.4, 0.5) is 11.4 Å². The van der Waals surface area contributed by atoms with Gasteiger partial charge in [-0.2, -0.15) is 0 Å². The lowest BCUT2D eigenvalue weighted by Crippen LogP contribution is -2.10. The number of carbonyl (C=O) groups excluding carboxylic acids is 2. The number of hydrogen-bond acceptors (Lipinski definition) is 10. The van der Waals surface area contributed by atoms with Gasteiger partial charge in [0.2, 0.25) is 5.91 Å². The van der Waals surface area contributed by atoms with Gasteiger partial charge in [0.15, 0.2) is 5.78 Å². The van der Waals surface area contributed by atoms with Crippen LogP contribution in [0.15, 0.2) is 90.5 Å². The maximum absolute atomic E-state index is 11.3. The quantitative estimate of drug-likeness (QED) is 0.0548. The van der Waals surface area contributed by atoms with Gasteiger partial charge in [0.1, 0.15) is 10.00 Å². The second-order valence-electron chi connectivity index (χ2n) is 11.9. The van der Waals surface area contributed by atoms with Crippen LogP contribution in [0.5, 0.6) is 0 Å². The first-order chi connectivity index (χ1) is 25.1. The second-order valence-corrected chi connectivity index (χ2v) is 13.5. The molecule has 52 heavy (non-hydrogen) atoms. The summed E-state index contributed by atoms with van der Waals surface area (Å²) in [6, 6.07) is 22.2. The van der Waals surface area contributed by atoms with Crippen molar-refractivity contribution in [3.8, 4) is 21.8 Å². The van der Waals surface area contributed by atoms with E-state index in [9.17, 15) is 19.8 Å². The van der Waals surface area contributed by atoms with E-state index < -0.39 is 0 Å². The van der Waals surface area contributed by atoms with E-state index in [-0.39, 0.29) is 44.0 Å². The van der Waals surface area contributed by atoms with E-state index in [2.05, 4.69) is 35.4 Å². The summed E-state index contributed by atoms with van der Waals surface area (Å²) >= 11 is 11.8. The van der Waals surface area contributed by atoms with Gasteiger partial charge >= 0.3 is 0 Å². The van der Waals surface area contributed by atoms with Crippen molar-refractivity contribution in [2.75, 3.05) is 16.5 Å². The summed E-state index contributed by atoms with van der Waals surface area (Å²) in [4.78, 5) is 27.3. The second kappa shape index (κ2) is 17.6. The number of Topliss-reactive ketones (excluding diaryl/α,β-unsaturated/α-hetero) is 1. The molecule has 1 amide bonds. The Labute approximate surface area is 315 Å². The zero-order valence-electron chi connectivity index (χ0n) is 28.0. The third kappa shape index (κ3) is 9.16. The summed E-state index contributed by atoms with van der Waals surface area (Å²) in [5.41, 5.74) is 17.6. The lowest BCUT2D eigenvalue weighted by molar-refractivity contribution is -0.115. The average Bonchev–Trinajstić information content (AvgIpc) is 3.90. The van der Waals surface area contributed by atoms with Crippen molar-refractivity contribution in [3.63, 3.8) is 0 Å². The summed E-state index contributed by atoms with van der Waals surface area (Å²) in [5.74, 6) is -0.176. The fourth-order valence-corrected chi connectivity index (χ4v) is 6.75. The lowest BCUT2D eigenvalue weighted by Gasteiger charge is -2.06. The zero-order chi connectivity index (χ0) is 37.4. The Bertz CT molecular complexity index is 2150. The molecule has 2 aliphatic rings. The highest BCUT2D eigenvalue weighted by Gasteiger charge is 2.19. The number of rotatable bonds is 9. The number of nitrogens with one attached hydrogen (secondary N) is 2. The highest BCUT2D eigenvalue weighted by atomic mass is 35.5. The molecule has 0 fully saturated rings. The zero-order valence-corrected chi connectivity index (χ0v) is 30.4. The van der Waals surface area contributed by atoms with Crippen LogP contribution in [-0.4, -0.2) is 48.0 Å². The number of nitrogens with two attached hydrogens (primary N) is 1. The fraction of sp³-hybridized carbons (Fsp3) is 0.179. The van der Waals surface area contributed by atoms with Crippen LogP contribution in [0.2, 0.25) is 0 Å². The van der Waals surface area contributed by atoms with Crippen molar-refractivity contribution in [1.82, 2.24) is 4.98 Å². The minimum absolute atomic E-state index is 0.0276. The van der Waals surface area contributed by atoms with Crippen LogP contribution in [0.3, 0.4) is 0 Å². The summed E-state index contributed by atoms with van der Waals surface area (Å²) in [6.07, 6.45) is 1.20. The molecule has 13 heteroatoms. The molecule has 0 saturated heterocycles. The van der Waals surface area contributed by atoms with Crippen molar-refractivity contribution in [3.05, 3.63) is 135 Å². The number of anilines is 2. The SMILES string of the molecule is C=C1Cc2cc(-c3csc(-c4ccc(CO)c(CO)c4)n3)ccc2N1.NC(=S)c1ccc(CO)c(CO)c1.O=C1Cc2cc(C(=O)CCl)ccc2N1. The Morgan fingerprint density at radius 1 is 0.788 bits per heavy atom. The molecule has 0 atom stereocenters. The Morgan fingerprint density at radius 3 is 2.06 bits per heavy atom. The number of amides is 1. The topological polar surface area (TPSA) is 178 Å². The first-order valence-corrected chi connectivity index (χ1v) is 17.9. The molecule has 10 nitrogen and oxygen atoms in total. The van der Waals surface area contributed by atoms with Crippen LogP contribution in [0, 0.1) is 0 Å². The van der Waals surface area contributed by atoms with Crippen LogP contribution >= 0.6 is 35.2 Å². The predicted molar refractivity (Wildman–Crippen MR) is 209 cm³/mol. The Balaban J connectivity index is 0.000000165. The maximum atomic E-state index is 11.3. The molecule has 5 aromatic rings. The molecule has 0 saturated carbocycles. The molecule has 3 heterocycles. The van der Waals surface area contributed by atoms with E-state index in [1.807, 2.05) is 23.6 Å². The molecule has 8 N–H and O–H groups in total. The molecule has 0 spiro atoms. The van der Waals surface area contributed by atoms with Crippen LogP contribution < -0.4 is 16.4 Å². The number of aromatic nitrogens is 1. The van der Waals surface area contributed by atoms with Gasteiger partial charge in [-0.15, -0.1) is 22.9 Å². The number of allylic oxidation sites excluding steroid dienone is 1. The number of alkyl halides is 1. The highest BCUT2D eigenvalue weighted by Crippen LogP contribution is 2.34. The number of nitrogens with zero attached hydrogens (tertiary/aromatic N) is 1. The van der Waals surface area contributed by atoms with Gasteiger partial charge < -0.3 is 36.8 Å². The Hall–Kier alpha value is -4.79. The number of hydrogen-bond donors (Lipinski definition) is 7. The normalized spacial score (nSPS) is 12.4. The van der Waals surface area contributed by atoms with Crippen molar-refractivity contribution in [1.29, 1.82) is 0 Å². The summed E-state index contributed by atoms with van der Waals surface area (Å²) in [6.45, 7) is 3.60. The van der Waals surface area contributed by atoms with Crippen LogP contribution in [0.25, 0.3) is 21.8 Å². The Kier molecular flexibility index (Phi) is 13.0. The number of fused-ring (bicyclic) bond motifs is 2. The molecule has 0 bridgehead atoms. The molecule has 7 rings (SSSR count). The van der Waals surface area contributed by atoms with Crippen molar-refractivity contribution >= 4 is 63.2 Å². The number of thiazole rings is 1.